The van der Waals surface area contributed by atoms with Crippen molar-refractivity contribution in [1.29, 1.82) is 0 Å². The molecular formula is C13H12ClNO4. The number of aryl methyl sites for hydroxylation is 1. The standard InChI is InChI=1S/C13H12ClNO4/c1-2-5-18-13(17)4-3-10-8-6-9(14)11(16)7-12(8)19-15-10/h2,6-7,16H,1,3-5H2. The normalized spacial score (nSPS) is 10.6. The van der Waals surface area contributed by atoms with Gasteiger partial charge in [-0.25, -0.2) is 0 Å². The van der Waals surface area contributed by atoms with Gasteiger partial charge in [0.05, 0.1) is 17.1 Å². The Morgan fingerprint density at radius 2 is 2.37 bits per heavy atom. The fourth-order valence-corrected chi connectivity index (χ4v) is 1.79. The zero-order chi connectivity index (χ0) is 13.8. The highest BCUT2D eigenvalue weighted by Crippen LogP contribution is 2.31. The number of aromatic hydroxyl groups is 1. The fraction of sp³-hybridized carbons (Fsp3) is 0.231. The zero-order valence-corrected chi connectivity index (χ0v) is 10.8. The summed E-state index contributed by atoms with van der Waals surface area (Å²) in [6, 6.07) is 2.96. The molecule has 1 aromatic carbocycles. The van der Waals surface area contributed by atoms with Gasteiger partial charge in [0.15, 0.2) is 5.58 Å². The first-order valence-electron chi connectivity index (χ1n) is 5.65. The predicted octanol–water partition coefficient (Wildman–Crippen LogP) is 2.85. The Morgan fingerprint density at radius 3 is 3.11 bits per heavy atom. The Labute approximate surface area is 114 Å². The van der Waals surface area contributed by atoms with Crippen LogP contribution < -0.4 is 0 Å². The first-order chi connectivity index (χ1) is 9.11. The van der Waals surface area contributed by atoms with Crippen molar-refractivity contribution in [3.8, 4) is 5.75 Å². The number of ether oxygens (including phenoxy) is 1. The molecule has 0 radical (unpaired) electrons. The second-order valence-electron chi connectivity index (χ2n) is 3.90. The number of benzene rings is 1. The molecule has 6 heteroatoms. The minimum absolute atomic E-state index is 0.0674. The quantitative estimate of drug-likeness (QED) is 0.674. The van der Waals surface area contributed by atoms with Gasteiger partial charge in [0, 0.05) is 17.9 Å². The first kappa shape index (κ1) is 13.4. The molecule has 0 amide bonds. The SMILES string of the molecule is C=CCOC(=O)CCc1noc2cc(O)c(Cl)cc12. The molecule has 1 aromatic heterocycles. The molecule has 0 aliphatic rings. The Bertz CT molecular complexity index is 620. The van der Waals surface area contributed by atoms with Gasteiger partial charge in [0.25, 0.3) is 0 Å². The number of nitrogens with zero attached hydrogens (tertiary/aromatic N) is 1. The molecule has 0 aliphatic carbocycles. The maximum Gasteiger partial charge on any atom is 0.306 e. The Hall–Kier alpha value is -2.01. The number of fused-ring (bicyclic) bond motifs is 1. The van der Waals surface area contributed by atoms with Crippen molar-refractivity contribution in [2.45, 2.75) is 12.8 Å². The summed E-state index contributed by atoms with van der Waals surface area (Å²) in [5.74, 6) is -0.400. The van der Waals surface area contributed by atoms with E-state index in [-0.39, 0.29) is 29.8 Å². The minimum Gasteiger partial charge on any atom is -0.506 e. The number of esters is 1. The molecule has 0 saturated carbocycles. The van der Waals surface area contributed by atoms with E-state index in [9.17, 15) is 9.90 Å². The van der Waals surface area contributed by atoms with Crippen molar-refractivity contribution < 1.29 is 19.2 Å². The average molecular weight is 282 g/mol. The molecule has 19 heavy (non-hydrogen) atoms. The van der Waals surface area contributed by atoms with Crippen LogP contribution >= 0.6 is 11.6 Å². The number of carbonyl (C=O) groups excluding carboxylic acids is 1. The monoisotopic (exact) mass is 281 g/mol. The number of hydrogen-bond acceptors (Lipinski definition) is 5. The van der Waals surface area contributed by atoms with Crippen LogP contribution in [0.3, 0.4) is 0 Å². The van der Waals surface area contributed by atoms with Crippen LogP contribution in [0.15, 0.2) is 29.3 Å². The van der Waals surface area contributed by atoms with E-state index in [1.165, 1.54) is 12.1 Å². The third-order valence-corrected chi connectivity index (χ3v) is 2.84. The van der Waals surface area contributed by atoms with Gasteiger partial charge in [-0.2, -0.15) is 0 Å². The molecule has 2 rings (SSSR count). The summed E-state index contributed by atoms with van der Waals surface area (Å²) in [5, 5.41) is 14.2. The third-order valence-electron chi connectivity index (χ3n) is 2.54. The highest BCUT2D eigenvalue weighted by molar-refractivity contribution is 6.32. The lowest BCUT2D eigenvalue weighted by Crippen LogP contribution is -2.05. The molecule has 0 aliphatic heterocycles. The van der Waals surface area contributed by atoms with E-state index in [4.69, 9.17) is 20.9 Å². The third kappa shape index (κ3) is 3.06. The summed E-state index contributed by atoms with van der Waals surface area (Å²) in [4.78, 5) is 11.4. The molecule has 1 heterocycles. The Morgan fingerprint density at radius 1 is 1.58 bits per heavy atom. The molecule has 2 aromatic rings. The van der Waals surface area contributed by atoms with Crippen molar-refractivity contribution in [3.63, 3.8) is 0 Å². The van der Waals surface area contributed by atoms with Gasteiger partial charge in [-0.1, -0.05) is 29.4 Å². The smallest absolute Gasteiger partial charge is 0.306 e. The largest absolute Gasteiger partial charge is 0.506 e. The van der Waals surface area contributed by atoms with Crippen LogP contribution in [0, 0.1) is 0 Å². The summed E-state index contributed by atoms with van der Waals surface area (Å²) in [6.07, 6.45) is 2.07. The van der Waals surface area contributed by atoms with Gasteiger partial charge in [-0.3, -0.25) is 4.79 Å². The van der Waals surface area contributed by atoms with Crippen molar-refractivity contribution >= 4 is 28.5 Å². The summed E-state index contributed by atoms with van der Waals surface area (Å²) >= 11 is 5.83. The summed E-state index contributed by atoms with van der Waals surface area (Å²) in [6.45, 7) is 3.65. The van der Waals surface area contributed by atoms with Crippen LogP contribution in [0.1, 0.15) is 12.1 Å². The lowest BCUT2D eigenvalue weighted by molar-refractivity contribution is -0.142. The first-order valence-corrected chi connectivity index (χ1v) is 6.03. The van der Waals surface area contributed by atoms with Crippen LogP contribution in [-0.2, 0) is 16.0 Å². The predicted molar refractivity (Wildman–Crippen MR) is 70.2 cm³/mol. The van der Waals surface area contributed by atoms with Gasteiger partial charge in [0.1, 0.15) is 12.4 Å². The number of rotatable bonds is 5. The lowest BCUT2D eigenvalue weighted by Gasteiger charge is -2.00. The van der Waals surface area contributed by atoms with E-state index < -0.39 is 0 Å². The number of hydrogen-bond donors (Lipinski definition) is 1. The second kappa shape index (κ2) is 5.75. The Balaban J connectivity index is 2.11. The van der Waals surface area contributed by atoms with Gasteiger partial charge in [-0.05, 0) is 6.07 Å². The molecule has 0 bridgehead atoms. The molecule has 100 valence electrons. The Kier molecular flexibility index (Phi) is 4.06. The van der Waals surface area contributed by atoms with E-state index >= 15 is 0 Å². The summed E-state index contributed by atoms with van der Waals surface area (Å²) < 4.78 is 9.92. The van der Waals surface area contributed by atoms with E-state index in [1.54, 1.807) is 6.07 Å². The van der Waals surface area contributed by atoms with Crippen LogP contribution in [0.2, 0.25) is 5.02 Å². The maximum absolute atomic E-state index is 11.4. The molecule has 0 spiro atoms. The average Bonchev–Trinajstić information content (AvgIpc) is 2.77. The van der Waals surface area contributed by atoms with E-state index in [0.29, 0.717) is 23.1 Å². The number of phenolic OH excluding ortho intramolecular Hbond substituents is 1. The highest BCUT2D eigenvalue weighted by atomic mass is 35.5. The molecule has 0 fully saturated rings. The second-order valence-corrected chi connectivity index (χ2v) is 4.31. The number of phenols is 1. The van der Waals surface area contributed by atoms with Crippen LogP contribution in [0.4, 0.5) is 0 Å². The van der Waals surface area contributed by atoms with Crippen molar-refractivity contribution in [1.82, 2.24) is 5.16 Å². The fourth-order valence-electron chi connectivity index (χ4n) is 1.62. The van der Waals surface area contributed by atoms with Crippen molar-refractivity contribution in [2.75, 3.05) is 6.61 Å². The molecule has 0 unspecified atom stereocenters. The summed E-state index contributed by atoms with van der Waals surface area (Å²) in [5.41, 5.74) is 1.03. The summed E-state index contributed by atoms with van der Waals surface area (Å²) in [7, 11) is 0. The molecule has 0 saturated heterocycles. The molecule has 0 atom stereocenters. The van der Waals surface area contributed by atoms with Crippen molar-refractivity contribution in [3.05, 3.63) is 35.5 Å². The maximum atomic E-state index is 11.4. The van der Waals surface area contributed by atoms with Gasteiger partial charge in [-0.15, -0.1) is 0 Å². The van der Waals surface area contributed by atoms with E-state index in [1.807, 2.05) is 0 Å². The highest BCUT2D eigenvalue weighted by Gasteiger charge is 2.13. The minimum atomic E-state index is -0.332. The molecule has 1 N–H and O–H groups in total. The van der Waals surface area contributed by atoms with Crippen molar-refractivity contribution in [2.24, 2.45) is 0 Å². The molecular weight excluding hydrogens is 270 g/mol. The number of halogens is 1. The number of carbonyl (C=O) groups is 1. The van der Waals surface area contributed by atoms with Crippen LogP contribution in [0.5, 0.6) is 5.75 Å². The lowest BCUT2D eigenvalue weighted by atomic mass is 10.1. The zero-order valence-electron chi connectivity index (χ0n) is 10.1. The van der Waals surface area contributed by atoms with Gasteiger partial charge in [0.2, 0.25) is 0 Å². The topological polar surface area (TPSA) is 72.6 Å². The number of aromatic nitrogens is 1. The van der Waals surface area contributed by atoms with Gasteiger partial charge >= 0.3 is 5.97 Å². The van der Waals surface area contributed by atoms with Crippen LogP contribution in [0.25, 0.3) is 11.0 Å². The van der Waals surface area contributed by atoms with Crippen LogP contribution in [-0.4, -0.2) is 22.8 Å². The van der Waals surface area contributed by atoms with E-state index in [2.05, 4.69) is 11.7 Å². The van der Waals surface area contributed by atoms with E-state index in [0.717, 1.165) is 0 Å². The van der Waals surface area contributed by atoms with Gasteiger partial charge < -0.3 is 14.4 Å². The molecule has 5 nitrogen and oxygen atoms in total.